The molecule has 0 heterocycles. The van der Waals surface area contributed by atoms with Crippen molar-refractivity contribution in [3.8, 4) is 0 Å². The summed E-state index contributed by atoms with van der Waals surface area (Å²) in [5, 5.41) is 0. The molecule has 1 nitrogen and oxygen atoms in total. The number of hydrogen-bond donors (Lipinski definition) is 0. The Morgan fingerprint density at radius 3 is 2.46 bits per heavy atom. The van der Waals surface area contributed by atoms with E-state index in [-0.39, 0.29) is 11.7 Å². The lowest BCUT2D eigenvalue weighted by Gasteiger charge is -2.06. The van der Waals surface area contributed by atoms with Crippen LogP contribution in [0.2, 0.25) is 0 Å². The van der Waals surface area contributed by atoms with Crippen LogP contribution in [0.25, 0.3) is 0 Å². The Morgan fingerprint density at radius 1 is 1.31 bits per heavy atom. The Kier molecular flexibility index (Phi) is 3.44. The summed E-state index contributed by atoms with van der Waals surface area (Å²) >= 11 is 0. The van der Waals surface area contributed by atoms with Crippen molar-refractivity contribution in [1.29, 1.82) is 0 Å². The van der Waals surface area contributed by atoms with Crippen molar-refractivity contribution in [2.45, 2.75) is 19.8 Å². The van der Waals surface area contributed by atoms with Gasteiger partial charge < -0.3 is 0 Å². The Labute approximate surface area is 79.1 Å². The third-order valence-electron chi connectivity index (χ3n) is 2.06. The highest BCUT2D eigenvalue weighted by atomic mass is 16.1. The number of rotatable bonds is 3. The standard InChI is InChI=1S/C12H14O/c1-3-7-12(13)10(2)11-8-5-4-6-9-11/h3-10H,1-2H3/b7-3-/t10-/m0/s1. The molecule has 68 valence electrons. The summed E-state index contributed by atoms with van der Waals surface area (Å²) in [6.45, 7) is 3.78. The molecule has 0 bridgehead atoms. The average Bonchev–Trinajstić information content (AvgIpc) is 2.18. The lowest BCUT2D eigenvalue weighted by atomic mass is 9.97. The highest BCUT2D eigenvalue weighted by Crippen LogP contribution is 2.15. The molecule has 0 radical (unpaired) electrons. The molecule has 13 heavy (non-hydrogen) atoms. The molecule has 0 aliphatic rings. The van der Waals surface area contributed by atoms with Crippen LogP contribution >= 0.6 is 0 Å². The summed E-state index contributed by atoms with van der Waals surface area (Å²) in [5.41, 5.74) is 1.07. The molecule has 1 rings (SSSR count). The SMILES string of the molecule is C/C=C\C(=O)[C@@H](C)c1ccccc1. The van der Waals surface area contributed by atoms with Gasteiger partial charge in [-0.15, -0.1) is 0 Å². The number of allylic oxidation sites excluding steroid dienone is 2. The zero-order valence-electron chi connectivity index (χ0n) is 8.03. The normalized spacial score (nSPS) is 13.1. The quantitative estimate of drug-likeness (QED) is 0.644. The summed E-state index contributed by atoms with van der Waals surface area (Å²) in [4.78, 5) is 11.5. The van der Waals surface area contributed by atoms with Crippen LogP contribution < -0.4 is 0 Å². The number of carbonyl (C=O) groups is 1. The Hall–Kier alpha value is -1.37. The molecule has 1 heteroatoms. The smallest absolute Gasteiger partial charge is 0.162 e. The van der Waals surface area contributed by atoms with Crippen LogP contribution in [0.5, 0.6) is 0 Å². The number of ketones is 1. The van der Waals surface area contributed by atoms with E-state index < -0.39 is 0 Å². The average molecular weight is 174 g/mol. The van der Waals surface area contributed by atoms with Gasteiger partial charge in [0.25, 0.3) is 0 Å². The number of carbonyl (C=O) groups excluding carboxylic acids is 1. The first-order chi connectivity index (χ1) is 6.25. The third kappa shape index (κ3) is 2.55. The van der Waals surface area contributed by atoms with Gasteiger partial charge in [0.05, 0.1) is 0 Å². The molecule has 0 fully saturated rings. The third-order valence-corrected chi connectivity index (χ3v) is 2.06. The topological polar surface area (TPSA) is 17.1 Å². The predicted octanol–water partition coefficient (Wildman–Crippen LogP) is 2.94. The van der Waals surface area contributed by atoms with Gasteiger partial charge in [-0.3, -0.25) is 4.79 Å². The van der Waals surface area contributed by atoms with Crippen molar-refractivity contribution in [3.05, 3.63) is 48.0 Å². The van der Waals surface area contributed by atoms with Gasteiger partial charge in [0.15, 0.2) is 5.78 Å². The van der Waals surface area contributed by atoms with Crippen molar-refractivity contribution in [1.82, 2.24) is 0 Å². The zero-order chi connectivity index (χ0) is 9.68. The van der Waals surface area contributed by atoms with E-state index in [0.717, 1.165) is 5.56 Å². The lowest BCUT2D eigenvalue weighted by Crippen LogP contribution is -2.05. The summed E-state index contributed by atoms with van der Waals surface area (Å²) in [5.74, 6) is 0.131. The summed E-state index contributed by atoms with van der Waals surface area (Å²) in [6, 6.07) is 9.82. The maximum Gasteiger partial charge on any atom is 0.162 e. The van der Waals surface area contributed by atoms with E-state index in [2.05, 4.69) is 0 Å². The van der Waals surface area contributed by atoms with Gasteiger partial charge in [-0.2, -0.15) is 0 Å². The van der Waals surface area contributed by atoms with E-state index in [4.69, 9.17) is 0 Å². The van der Waals surface area contributed by atoms with Gasteiger partial charge in [0.2, 0.25) is 0 Å². The lowest BCUT2D eigenvalue weighted by molar-refractivity contribution is -0.115. The van der Waals surface area contributed by atoms with E-state index in [0.29, 0.717) is 0 Å². The van der Waals surface area contributed by atoms with E-state index >= 15 is 0 Å². The van der Waals surface area contributed by atoms with Crippen LogP contribution in [0, 0.1) is 0 Å². The van der Waals surface area contributed by atoms with Crippen LogP contribution in [0.1, 0.15) is 25.3 Å². The molecule has 1 aromatic rings. The Morgan fingerprint density at radius 2 is 1.92 bits per heavy atom. The molecular weight excluding hydrogens is 160 g/mol. The maximum absolute atomic E-state index is 11.5. The summed E-state index contributed by atoms with van der Waals surface area (Å²) < 4.78 is 0. The van der Waals surface area contributed by atoms with Crippen molar-refractivity contribution in [2.75, 3.05) is 0 Å². The summed E-state index contributed by atoms with van der Waals surface area (Å²) in [7, 11) is 0. The molecule has 0 spiro atoms. The minimum Gasteiger partial charge on any atom is -0.294 e. The zero-order valence-corrected chi connectivity index (χ0v) is 8.03. The molecule has 0 saturated heterocycles. The number of hydrogen-bond acceptors (Lipinski definition) is 1. The second-order valence-corrected chi connectivity index (χ2v) is 3.03. The minimum atomic E-state index is -0.0302. The molecule has 0 saturated carbocycles. The van der Waals surface area contributed by atoms with Crippen molar-refractivity contribution >= 4 is 5.78 Å². The molecule has 0 N–H and O–H groups in total. The monoisotopic (exact) mass is 174 g/mol. The predicted molar refractivity (Wildman–Crippen MR) is 54.7 cm³/mol. The van der Waals surface area contributed by atoms with Crippen LogP contribution in [-0.4, -0.2) is 5.78 Å². The fraction of sp³-hybridized carbons (Fsp3) is 0.250. The fourth-order valence-electron chi connectivity index (χ4n) is 1.21. The van der Waals surface area contributed by atoms with Gasteiger partial charge in [-0.1, -0.05) is 43.3 Å². The molecule has 0 amide bonds. The second kappa shape index (κ2) is 4.61. The molecule has 0 aliphatic heterocycles. The minimum absolute atomic E-state index is 0.0302. The first kappa shape index (κ1) is 9.72. The highest BCUT2D eigenvalue weighted by Gasteiger charge is 2.10. The first-order valence-electron chi connectivity index (χ1n) is 4.47. The molecule has 1 atom stereocenters. The van der Waals surface area contributed by atoms with E-state index in [1.54, 1.807) is 12.2 Å². The van der Waals surface area contributed by atoms with Gasteiger partial charge in [0.1, 0.15) is 0 Å². The van der Waals surface area contributed by atoms with Crippen molar-refractivity contribution in [2.24, 2.45) is 0 Å². The highest BCUT2D eigenvalue weighted by molar-refractivity contribution is 5.94. The molecule has 0 aromatic heterocycles. The van der Waals surface area contributed by atoms with Crippen molar-refractivity contribution < 1.29 is 4.79 Å². The van der Waals surface area contributed by atoms with Gasteiger partial charge >= 0.3 is 0 Å². The fourth-order valence-corrected chi connectivity index (χ4v) is 1.21. The molecule has 0 unspecified atom stereocenters. The number of benzene rings is 1. The molecular formula is C12H14O. The maximum atomic E-state index is 11.5. The second-order valence-electron chi connectivity index (χ2n) is 3.03. The Bertz CT molecular complexity index is 298. The van der Waals surface area contributed by atoms with Crippen molar-refractivity contribution in [3.63, 3.8) is 0 Å². The van der Waals surface area contributed by atoms with Gasteiger partial charge in [0, 0.05) is 5.92 Å². The van der Waals surface area contributed by atoms with E-state index in [1.165, 1.54) is 0 Å². The summed E-state index contributed by atoms with van der Waals surface area (Å²) in [6.07, 6.45) is 3.40. The van der Waals surface area contributed by atoms with Crippen LogP contribution in [0.3, 0.4) is 0 Å². The molecule has 1 aromatic carbocycles. The van der Waals surface area contributed by atoms with E-state index in [1.807, 2.05) is 44.2 Å². The Balaban J connectivity index is 2.79. The van der Waals surface area contributed by atoms with Gasteiger partial charge in [-0.05, 0) is 18.6 Å². The van der Waals surface area contributed by atoms with E-state index in [9.17, 15) is 4.79 Å². The molecule has 0 aliphatic carbocycles. The van der Waals surface area contributed by atoms with Crippen LogP contribution in [0.4, 0.5) is 0 Å². The first-order valence-corrected chi connectivity index (χ1v) is 4.47. The van der Waals surface area contributed by atoms with Crippen LogP contribution in [0.15, 0.2) is 42.5 Å². The van der Waals surface area contributed by atoms with Gasteiger partial charge in [-0.25, -0.2) is 0 Å². The van der Waals surface area contributed by atoms with Crippen LogP contribution in [-0.2, 0) is 4.79 Å². The largest absolute Gasteiger partial charge is 0.294 e.